The third kappa shape index (κ3) is 4.35. The van der Waals surface area contributed by atoms with E-state index in [1.165, 1.54) is 12.1 Å². The standard InChI is InChI=1S/C19H21FN2O3/c1-24-17-7-5-16(6-8-17)21-19(23)18(22-9-11-25-12-10-22)14-3-2-4-15(20)13-14/h2-8,13,18H,9-12H2,1H3,(H,21,23)/t18-/m0/s1. The van der Waals surface area contributed by atoms with Gasteiger partial charge in [-0.05, 0) is 42.0 Å². The quantitative estimate of drug-likeness (QED) is 0.906. The Kier molecular flexibility index (Phi) is 5.63. The van der Waals surface area contributed by atoms with Crippen molar-refractivity contribution in [3.8, 4) is 5.75 Å². The first-order chi connectivity index (χ1) is 12.2. The van der Waals surface area contributed by atoms with Crippen molar-refractivity contribution in [2.45, 2.75) is 6.04 Å². The predicted molar refractivity (Wildman–Crippen MR) is 93.2 cm³/mol. The van der Waals surface area contributed by atoms with E-state index < -0.39 is 6.04 Å². The highest BCUT2D eigenvalue weighted by Gasteiger charge is 2.29. The number of amides is 1. The number of morpholine rings is 1. The molecule has 5 nitrogen and oxygen atoms in total. The number of benzene rings is 2. The fourth-order valence-corrected chi connectivity index (χ4v) is 2.93. The number of rotatable bonds is 5. The zero-order chi connectivity index (χ0) is 17.6. The van der Waals surface area contributed by atoms with Crippen molar-refractivity contribution in [3.05, 3.63) is 59.9 Å². The minimum Gasteiger partial charge on any atom is -0.497 e. The summed E-state index contributed by atoms with van der Waals surface area (Å²) >= 11 is 0. The summed E-state index contributed by atoms with van der Waals surface area (Å²) in [7, 11) is 1.59. The molecular formula is C19H21FN2O3. The monoisotopic (exact) mass is 344 g/mol. The van der Waals surface area contributed by atoms with Crippen LogP contribution in [0.5, 0.6) is 5.75 Å². The van der Waals surface area contributed by atoms with Gasteiger partial charge < -0.3 is 14.8 Å². The van der Waals surface area contributed by atoms with E-state index in [9.17, 15) is 9.18 Å². The smallest absolute Gasteiger partial charge is 0.246 e. The topological polar surface area (TPSA) is 50.8 Å². The Balaban J connectivity index is 1.83. The predicted octanol–water partition coefficient (Wildman–Crippen LogP) is 2.85. The summed E-state index contributed by atoms with van der Waals surface area (Å²) in [4.78, 5) is 14.9. The van der Waals surface area contributed by atoms with Crippen molar-refractivity contribution >= 4 is 11.6 Å². The van der Waals surface area contributed by atoms with Crippen molar-refractivity contribution in [3.63, 3.8) is 0 Å². The van der Waals surface area contributed by atoms with Crippen LogP contribution >= 0.6 is 0 Å². The Hall–Kier alpha value is -2.44. The fourth-order valence-electron chi connectivity index (χ4n) is 2.93. The van der Waals surface area contributed by atoms with E-state index in [2.05, 4.69) is 5.32 Å². The molecule has 3 rings (SSSR count). The number of nitrogens with zero attached hydrogens (tertiary/aromatic N) is 1. The van der Waals surface area contributed by atoms with Crippen molar-refractivity contribution in [2.24, 2.45) is 0 Å². The normalized spacial score (nSPS) is 16.2. The van der Waals surface area contributed by atoms with Gasteiger partial charge in [-0.25, -0.2) is 4.39 Å². The van der Waals surface area contributed by atoms with Gasteiger partial charge in [0.15, 0.2) is 0 Å². The molecule has 0 bridgehead atoms. The van der Waals surface area contributed by atoms with Gasteiger partial charge in [0.2, 0.25) is 5.91 Å². The average molecular weight is 344 g/mol. The first-order valence-corrected chi connectivity index (χ1v) is 8.19. The van der Waals surface area contributed by atoms with E-state index in [1.807, 2.05) is 4.90 Å². The van der Waals surface area contributed by atoms with Crippen LogP contribution in [0.1, 0.15) is 11.6 Å². The van der Waals surface area contributed by atoms with Crippen LogP contribution in [0.25, 0.3) is 0 Å². The number of anilines is 1. The van der Waals surface area contributed by atoms with Crippen LogP contribution in [0, 0.1) is 5.82 Å². The summed E-state index contributed by atoms with van der Waals surface area (Å²) in [5.74, 6) is 0.165. The van der Waals surface area contributed by atoms with Gasteiger partial charge in [0, 0.05) is 18.8 Å². The number of hydrogen-bond donors (Lipinski definition) is 1. The zero-order valence-corrected chi connectivity index (χ0v) is 14.1. The fraction of sp³-hybridized carbons (Fsp3) is 0.316. The third-order valence-corrected chi connectivity index (χ3v) is 4.18. The van der Waals surface area contributed by atoms with Gasteiger partial charge in [-0.2, -0.15) is 0 Å². The van der Waals surface area contributed by atoms with Crippen molar-refractivity contribution in [2.75, 3.05) is 38.7 Å². The molecule has 2 aromatic carbocycles. The highest BCUT2D eigenvalue weighted by molar-refractivity contribution is 5.95. The maximum absolute atomic E-state index is 13.7. The first kappa shape index (κ1) is 17.4. The molecule has 0 aliphatic carbocycles. The molecular weight excluding hydrogens is 323 g/mol. The molecule has 1 atom stereocenters. The number of carbonyl (C=O) groups is 1. The maximum atomic E-state index is 13.7. The lowest BCUT2D eigenvalue weighted by molar-refractivity contribution is -0.123. The minimum absolute atomic E-state index is 0.197. The van der Waals surface area contributed by atoms with Gasteiger partial charge in [0.25, 0.3) is 0 Å². The van der Waals surface area contributed by atoms with Crippen LogP contribution in [-0.4, -0.2) is 44.2 Å². The van der Waals surface area contributed by atoms with Gasteiger partial charge in [-0.3, -0.25) is 9.69 Å². The average Bonchev–Trinajstić information content (AvgIpc) is 2.63. The molecule has 2 aromatic rings. The molecule has 1 heterocycles. The van der Waals surface area contributed by atoms with E-state index in [1.54, 1.807) is 43.5 Å². The molecule has 1 N–H and O–H groups in total. The molecule has 1 aliphatic heterocycles. The van der Waals surface area contributed by atoms with Crippen LogP contribution in [0.4, 0.5) is 10.1 Å². The number of methoxy groups -OCH3 is 1. The molecule has 0 spiro atoms. The third-order valence-electron chi connectivity index (χ3n) is 4.18. The molecule has 0 radical (unpaired) electrons. The first-order valence-electron chi connectivity index (χ1n) is 8.19. The van der Waals surface area contributed by atoms with Crippen molar-refractivity contribution in [1.82, 2.24) is 4.90 Å². The van der Waals surface area contributed by atoms with E-state index in [-0.39, 0.29) is 11.7 Å². The summed E-state index contributed by atoms with van der Waals surface area (Å²) in [6.45, 7) is 2.36. The van der Waals surface area contributed by atoms with E-state index in [0.29, 0.717) is 43.3 Å². The molecule has 1 saturated heterocycles. The lowest BCUT2D eigenvalue weighted by Crippen LogP contribution is -2.43. The molecule has 0 aromatic heterocycles. The minimum atomic E-state index is -0.568. The van der Waals surface area contributed by atoms with E-state index in [0.717, 1.165) is 0 Å². The molecule has 1 fully saturated rings. The number of ether oxygens (including phenoxy) is 2. The molecule has 0 unspecified atom stereocenters. The number of halogens is 1. The molecule has 0 saturated carbocycles. The number of hydrogen-bond acceptors (Lipinski definition) is 4. The Morgan fingerprint density at radius 2 is 1.92 bits per heavy atom. The lowest BCUT2D eigenvalue weighted by Gasteiger charge is -2.33. The van der Waals surface area contributed by atoms with Crippen LogP contribution in [-0.2, 0) is 9.53 Å². The second-order valence-corrected chi connectivity index (χ2v) is 5.82. The van der Waals surface area contributed by atoms with Crippen LogP contribution in [0.3, 0.4) is 0 Å². The van der Waals surface area contributed by atoms with Crippen molar-refractivity contribution < 1.29 is 18.7 Å². The van der Waals surface area contributed by atoms with Gasteiger partial charge in [0.05, 0.1) is 20.3 Å². The Morgan fingerprint density at radius 3 is 2.56 bits per heavy atom. The lowest BCUT2D eigenvalue weighted by atomic mass is 10.0. The second-order valence-electron chi connectivity index (χ2n) is 5.82. The maximum Gasteiger partial charge on any atom is 0.246 e. The highest BCUT2D eigenvalue weighted by Crippen LogP contribution is 2.25. The van der Waals surface area contributed by atoms with Crippen LogP contribution < -0.4 is 10.1 Å². The summed E-state index contributed by atoms with van der Waals surface area (Å²) in [6.07, 6.45) is 0. The Bertz CT molecular complexity index is 715. The summed E-state index contributed by atoms with van der Waals surface area (Å²) in [5, 5.41) is 2.91. The van der Waals surface area contributed by atoms with Crippen molar-refractivity contribution in [1.29, 1.82) is 0 Å². The zero-order valence-electron chi connectivity index (χ0n) is 14.1. The molecule has 6 heteroatoms. The summed E-state index contributed by atoms with van der Waals surface area (Å²) in [5.41, 5.74) is 1.30. The molecule has 1 amide bonds. The van der Waals surface area contributed by atoms with Gasteiger partial charge >= 0.3 is 0 Å². The van der Waals surface area contributed by atoms with Crippen LogP contribution in [0.2, 0.25) is 0 Å². The van der Waals surface area contributed by atoms with E-state index in [4.69, 9.17) is 9.47 Å². The molecule has 25 heavy (non-hydrogen) atoms. The summed E-state index contributed by atoms with van der Waals surface area (Å²) < 4.78 is 24.2. The largest absolute Gasteiger partial charge is 0.497 e. The second kappa shape index (κ2) is 8.09. The Morgan fingerprint density at radius 1 is 1.20 bits per heavy atom. The van der Waals surface area contributed by atoms with Gasteiger partial charge in [0.1, 0.15) is 17.6 Å². The Labute approximate surface area is 146 Å². The highest BCUT2D eigenvalue weighted by atomic mass is 19.1. The SMILES string of the molecule is COc1ccc(NC(=O)[C@H](c2cccc(F)c2)N2CCOCC2)cc1. The molecule has 1 aliphatic rings. The van der Waals surface area contributed by atoms with E-state index >= 15 is 0 Å². The van der Waals surface area contributed by atoms with Gasteiger partial charge in [-0.15, -0.1) is 0 Å². The number of nitrogens with one attached hydrogen (secondary N) is 1. The van der Waals surface area contributed by atoms with Crippen LogP contribution in [0.15, 0.2) is 48.5 Å². The number of carbonyl (C=O) groups excluding carboxylic acids is 1. The van der Waals surface area contributed by atoms with Gasteiger partial charge in [-0.1, -0.05) is 12.1 Å². The summed E-state index contributed by atoms with van der Waals surface area (Å²) in [6, 6.07) is 12.7. The molecule has 132 valence electrons.